The third kappa shape index (κ3) is 2.48. The molecule has 2 aromatic carbocycles. The van der Waals surface area contributed by atoms with Crippen LogP contribution in [-0.2, 0) is 0 Å². The van der Waals surface area contributed by atoms with Crippen molar-refractivity contribution in [3.8, 4) is 0 Å². The lowest BCUT2D eigenvalue weighted by molar-refractivity contribution is 0.628. The van der Waals surface area contributed by atoms with E-state index in [0.717, 1.165) is 10.6 Å². The molecule has 0 fully saturated rings. The Bertz CT molecular complexity index is 422. The highest BCUT2D eigenvalue weighted by Crippen LogP contribution is 2.26. The molecule has 0 saturated heterocycles. The Morgan fingerprint density at radius 3 is 1.31 bits per heavy atom. The van der Waals surface area contributed by atoms with Crippen LogP contribution in [0.1, 0.15) is 0 Å². The van der Waals surface area contributed by atoms with Crippen LogP contribution in [-0.4, -0.2) is 7.57 Å². The van der Waals surface area contributed by atoms with E-state index in [4.69, 9.17) is 7.57 Å². The number of halogens is 2. The zero-order valence-corrected chi connectivity index (χ0v) is 9.29. The fourth-order valence-electron chi connectivity index (χ4n) is 1.35. The maximum Gasteiger partial charge on any atom is 0.123 e. The van der Waals surface area contributed by atoms with Crippen molar-refractivity contribution >= 4 is 26.0 Å². The third-order valence-corrected chi connectivity index (χ3v) is 3.92. The predicted molar refractivity (Wildman–Crippen MR) is 64.7 cm³/mol. The van der Waals surface area contributed by atoms with Gasteiger partial charge in [-0.3, -0.25) is 0 Å². The molecule has 0 aliphatic rings. The van der Waals surface area contributed by atoms with Gasteiger partial charge in [0.05, 0.1) is 0 Å². The molecule has 78 valence electrons. The molecule has 0 saturated carbocycles. The number of benzene rings is 2. The maximum atomic E-state index is 12.7. The fourth-order valence-corrected chi connectivity index (χ4v) is 2.59. The van der Waals surface area contributed by atoms with Gasteiger partial charge in [0.15, 0.2) is 0 Å². The van der Waals surface area contributed by atoms with E-state index in [1.165, 1.54) is 24.3 Å². The standard InChI is InChI=1S/C12H8BF2P/c13-16(11-5-1-9(14)2-6-11)12-7-3-10(15)4-8-12/h1-8H. The molecule has 4 heteroatoms. The highest BCUT2D eigenvalue weighted by atomic mass is 31.1. The minimum atomic E-state index is -1.03. The number of hydrogen-bond acceptors (Lipinski definition) is 0. The van der Waals surface area contributed by atoms with E-state index in [1.54, 1.807) is 24.3 Å². The molecule has 2 radical (unpaired) electrons. The smallest absolute Gasteiger partial charge is 0.123 e. The van der Waals surface area contributed by atoms with Crippen molar-refractivity contribution in [1.82, 2.24) is 0 Å². The van der Waals surface area contributed by atoms with Gasteiger partial charge in [-0.25, -0.2) is 8.78 Å². The minimum absolute atomic E-state index is 0.286. The van der Waals surface area contributed by atoms with Gasteiger partial charge in [-0.2, -0.15) is 0 Å². The van der Waals surface area contributed by atoms with Crippen LogP contribution < -0.4 is 10.6 Å². The van der Waals surface area contributed by atoms with Crippen LogP contribution in [0.25, 0.3) is 0 Å². The molecule has 0 atom stereocenters. The summed E-state index contributed by atoms with van der Waals surface area (Å²) in [4.78, 5) is 0. The molecule has 0 aromatic heterocycles. The zero-order valence-electron chi connectivity index (χ0n) is 8.40. The molecule has 0 heterocycles. The minimum Gasteiger partial charge on any atom is -0.207 e. The summed E-state index contributed by atoms with van der Waals surface area (Å²) >= 11 is 0. The van der Waals surface area contributed by atoms with Gasteiger partial charge in [0.1, 0.15) is 19.2 Å². The first-order valence-corrected chi connectivity index (χ1v) is 6.14. The van der Waals surface area contributed by atoms with Crippen molar-refractivity contribution in [2.75, 3.05) is 0 Å². The molecule has 0 aliphatic carbocycles. The largest absolute Gasteiger partial charge is 0.207 e. The van der Waals surface area contributed by atoms with Gasteiger partial charge >= 0.3 is 0 Å². The van der Waals surface area contributed by atoms with Crippen LogP contribution >= 0.6 is 7.80 Å². The lowest BCUT2D eigenvalue weighted by Crippen LogP contribution is -2.11. The molecule has 0 unspecified atom stereocenters. The highest BCUT2D eigenvalue weighted by molar-refractivity contribution is 7.94. The Labute approximate surface area is 95.4 Å². The summed E-state index contributed by atoms with van der Waals surface area (Å²) in [5, 5.41) is 1.73. The molecule has 0 aliphatic heterocycles. The van der Waals surface area contributed by atoms with E-state index >= 15 is 0 Å². The first-order valence-electron chi connectivity index (χ1n) is 4.73. The maximum absolute atomic E-state index is 12.7. The third-order valence-electron chi connectivity index (χ3n) is 2.21. The molecular formula is C12H8BF2P. The lowest BCUT2D eigenvalue weighted by Gasteiger charge is -2.13. The Hall–Kier alpha value is -1.21. The van der Waals surface area contributed by atoms with E-state index in [-0.39, 0.29) is 11.6 Å². The van der Waals surface area contributed by atoms with Crippen LogP contribution in [0.2, 0.25) is 0 Å². The van der Waals surface area contributed by atoms with Crippen molar-refractivity contribution in [3.63, 3.8) is 0 Å². The zero-order chi connectivity index (χ0) is 11.5. The van der Waals surface area contributed by atoms with Gasteiger partial charge in [-0.05, 0) is 34.9 Å². The van der Waals surface area contributed by atoms with Crippen LogP contribution in [0, 0.1) is 11.6 Å². The number of hydrogen-bond donors (Lipinski definition) is 0. The monoisotopic (exact) mass is 232 g/mol. The van der Waals surface area contributed by atoms with Crippen LogP contribution in [0.4, 0.5) is 8.78 Å². The topological polar surface area (TPSA) is 0 Å². The SMILES string of the molecule is [B]P(c1ccc(F)cc1)c1ccc(F)cc1. The Kier molecular flexibility index (Phi) is 3.35. The van der Waals surface area contributed by atoms with Crippen molar-refractivity contribution in [2.24, 2.45) is 0 Å². The molecule has 0 nitrogen and oxygen atoms in total. The summed E-state index contributed by atoms with van der Waals surface area (Å²) in [5.41, 5.74) is 0. The summed E-state index contributed by atoms with van der Waals surface area (Å²) in [6.45, 7) is 0. The molecule has 0 bridgehead atoms. The fraction of sp³-hybridized carbons (Fsp3) is 0. The second-order valence-electron chi connectivity index (χ2n) is 3.32. The molecule has 2 aromatic rings. The second-order valence-corrected chi connectivity index (χ2v) is 5.10. The first-order chi connectivity index (χ1) is 7.66. The van der Waals surface area contributed by atoms with Gasteiger partial charge in [0.2, 0.25) is 0 Å². The quantitative estimate of drug-likeness (QED) is 0.551. The molecule has 0 N–H and O–H groups in total. The highest BCUT2D eigenvalue weighted by Gasteiger charge is 2.07. The Balaban J connectivity index is 2.28. The van der Waals surface area contributed by atoms with Crippen LogP contribution in [0.3, 0.4) is 0 Å². The van der Waals surface area contributed by atoms with Crippen LogP contribution in [0.15, 0.2) is 48.5 Å². The summed E-state index contributed by atoms with van der Waals surface area (Å²) in [6.07, 6.45) is 0. The normalized spacial score (nSPS) is 10.7. The van der Waals surface area contributed by atoms with Crippen molar-refractivity contribution < 1.29 is 8.78 Å². The van der Waals surface area contributed by atoms with E-state index < -0.39 is 7.80 Å². The van der Waals surface area contributed by atoms with E-state index in [9.17, 15) is 8.78 Å². The summed E-state index contributed by atoms with van der Waals surface area (Å²) in [6, 6.07) is 12.1. The van der Waals surface area contributed by atoms with Gasteiger partial charge in [0, 0.05) is 0 Å². The predicted octanol–water partition coefficient (Wildman–Crippen LogP) is 2.48. The second kappa shape index (κ2) is 4.75. The van der Waals surface area contributed by atoms with E-state index in [2.05, 4.69) is 0 Å². The molecule has 2 rings (SSSR count). The van der Waals surface area contributed by atoms with Crippen molar-refractivity contribution in [3.05, 3.63) is 60.2 Å². The van der Waals surface area contributed by atoms with E-state index in [1.807, 2.05) is 0 Å². The Morgan fingerprint density at radius 1 is 0.688 bits per heavy atom. The average Bonchev–Trinajstić information content (AvgIpc) is 2.30. The molecule has 0 amide bonds. The van der Waals surface area contributed by atoms with Crippen LogP contribution in [0.5, 0.6) is 0 Å². The van der Waals surface area contributed by atoms with Gasteiger partial charge < -0.3 is 0 Å². The van der Waals surface area contributed by atoms with Crippen molar-refractivity contribution in [2.45, 2.75) is 0 Å². The lowest BCUT2D eigenvalue weighted by atomic mass is 10.3. The van der Waals surface area contributed by atoms with E-state index in [0.29, 0.717) is 0 Å². The average molecular weight is 232 g/mol. The van der Waals surface area contributed by atoms with Crippen molar-refractivity contribution in [1.29, 1.82) is 0 Å². The Morgan fingerprint density at radius 2 is 1.00 bits per heavy atom. The first kappa shape index (κ1) is 11.3. The van der Waals surface area contributed by atoms with Gasteiger partial charge in [-0.15, -0.1) is 0 Å². The summed E-state index contributed by atoms with van der Waals surface area (Å²) in [5.74, 6) is -0.572. The molecular weight excluding hydrogens is 224 g/mol. The summed E-state index contributed by atoms with van der Waals surface area (Å²) in [7, 11) is 5.01. The summed E-state index contributed by atoms with van der Waals surface area (Å²) < 4.78 is 25.4. The molecule has 0 spiro atoms. The number of rotatable bonds is 2. The van der Waals surface area contributed by atoms with Gasteiger partial charge in [-0.1, -0.05) is 32.1 Å². The van der Waals surface area contributed by atoms with Gasteiger partial charge in [0.25, 0.3) is 0 Å². The molecule has 16 heavy (non-hydrogen) atoms.